The van der Waals surface area contributed by atoms with Crippen molar-refractivity contribution in [3.05, 3.63) is 65.7 Å². The topological polar surface area (TPSA) is 149 Å². The number of likely N-dealkylation sites (N-methyl/N-ethyl adjacent to an activating group) is 1. The van der Waals surface area contributed by atoms with Gasteiger partial charge in [-0.1, -0.05) is 49.4 Å². The number of amides is 4. The Kier molecular flexibility index (Phi) is 10.7. The van der Waals surface area contributed by atoms with Gasteiger partial charge in [-0.15, -0.1) is 0 Å². The van der Waals surface area contributed by atoms with Crippen LogP contribution in [0.25, 0.3) is 0 Å². The van der Waals surface area contributed by atoms with Gasteiger partial charge in [-0.25, -0.2) is 0 Å². The van der Waals surface area contributed by atoms with E-state index >= 15 is 0 Å². The Bertz CT molecular complexity index is 1210. The first-order valence-corrected chi connectivity index (χ1v) is 14.2. The first-order chi connectivity index (χ1) is 19.9. The normalized spacial score (nSPS) is 24.2. The van der Waals surface area contributed by atoms with Crippen LogP contribution in [0.1, 0.15) is 42.1 Å². The molecule has 0 aliphatic carbocycles. The SMILES string of the molecule is CCN1CCC[C@H]1CNC(=O)[C@@H]1CC(=O)N[C@@H](CO)C(=O)N[C@H](Cc2ccccc2)COc2ccccc2C(=O)N1. The fourth-order valence-electron chi connectivity index (χ4n) is 5.28. The van der Waals surface area contributed by atoms with Crippen LogP contribution in [-0.2, 0) is 20.8 Å². The van der Waals surface area contributed by atoms with Crippen LogP contribution in [0.5, 0.6) is 5.75 Å². The number of nitrogens with one attached hydrogen (secondary N) is 4. The molecule has 41 heavy (non-hydrogen) atoms. The van der Waals surface area contributed by atoms with Crippen LogP contribution in [0.4, 0.5) is 0 Å². The summed E-state index contributed by atoms with van der Waals surface area (Å²) in [6, 6.07) is 13.3. The monoisotopic (exact) mass is 565 g/mol. The van der Waals surface area contributed by atoms with Crippen LogP contribution in [0.2, 0.25) is 0 Å². The van der Waals surface area contributed by atoms with Gasteiger partial charge in [0.25, 0.3) is 5.91 Å². The molecule has 2 aliphatic heterocycles. The Morgan fingerprint density at radius 1 is 1.05 bits per heavy atom. The number of para-hydroxylation sites is 1. The third-order valence-electron chi connectivity index (χ3n) is 7.51. The number of aliphatic hydroxyl groups excluding tert-OH is 1. The molecule has 0 radical (unpaired) electrons. The van der Waals surface area contributed by atoms with Gasteiger partial charge in [-0.05, 0) is 50.0 Å². The summed E-state index contributed by atoms with van der Waals surface area (Å²) in [4.78, 5) is 55.0. The summed E-state index contributed by atoms with van der Waals surface area (Å²) in [5, 5.41) is 20.8. The molecule has 0 bridgehead atoms. The lowest BCUT2D eigenvalue weighted by atomic mass is 10.1. The molecule has 4 atom stereocenters. The predicted molar refractivity (Wildman–Crippen MR) is 152 cm³/mol. The number of carbonyl (C=O) groups excluding carboxylic acids is 4. The summed E-state index contributed by atoms with van der Waals surface area (Å²) in [5.41, 5.74) is 1.15. The maximum Gasteiger partial charge on any atom is 0.255 e. The summed E-state index contributed by atoms with van der Waals surface area (Å²) in [6.07, 6.45) is 2.01. The molecule has 0 aromatic heterocycles. The molecule has 5 N–H and O–H groups in total. The summed E-state index contributed by atoms with van der Waals surface area (Å²) in [5.74, 6) is -2.03. The number of hydrogen-bond donors (Lipinski definition) is 5. The van der Waals surface area contributed by atoms with Crippen molar-refractivity contribution in [1.82, 2.24) is 26.2 Å². The number of hydrogen-bond acceptors (Lipinski definition) is 7. The van der Waals surface area contributed by atoms with Gasteiger partial charge in [0, 0.05) is 12.6 Å². The average Bonchev–Trinajstić information content (AvgIpc) is 3.45. The lowest BCUT2D eigenvalue weighted by Crippen LogP contribution is -2.55. The minimum Gasteiger partial charge on any atom is -0.491 e. The molecule has 2 aliphatic rings. The Balaban J connectivity index is 1.56. The number of nitrogens with zero attached hydrogens (tertiary/aromatic N) is 1. The maximum absolute atomic E-state index is 13.4. The van der Waals surface area contributed by atoms with Crippen molar-refractivity contribution in [3.8, 4) is 5.75 Å². The van der Waals surface area contributed by atoms with E-state index in [1.807, 2.05) is 30.3 Å². The van der Waals surface area contributed by atoms with E-state index in [1.54, 1.807) is 24.3 Å². The molecule has 0 saturated carbocycles. The molecule has 1 saturated heterocycles. The molecule has 2 heterocycles. The lowest BCUT2D eigenvalue weighted by molar-refractivity contribution is -0.132. The molecule has 4 rings (SSSR count). The van der Waals surface area contributed by atoms with Gasteiger partial charge < -0.3 is 31.1 Å². The van der Waals surface area contributed by atoms with Crippen molar-refractivity contribution in [1.29, 1.82) is 0 Å². The average molecular weight is 566 g/mol. The highest BCUT2D eigenvalue weighted by Crippen LogP contribution is 2.20. The van der Waals surface area contributed by atoms with Gasteiger partial charge >= 0.3 is 0 Å². The molecule has 11 heteroatoms. The van der Waals surface area contributed by atoms with E-state index in [1.165, 1.54) is 0 Å². The van der Waals surface area contributed by atoms with E-state index in [-0.39, 0.29) is 24.0 Å². The summed E-state index contributed by atoms with van der Waals surface area (Å²) in [6.45, 7) is 3.68. The molecule has 220 valence electrons. The van der Waals surface area contributed by atoms with Crippen molar-refractivity contribution in [3.63, 3.8) is 0 Å². The third-order valence-corrected chi connectivity index (χ3v) is 7.51. The quantitative estimate of drug-likeness (QED) is 0.326. The first kappa shape index (κ1) is 30.0. The molecule has 11 nitrogen and oxygen atoms in total. The Hall–Kier alpha value is -3.96. The highest BCUT2D eigenvalue weighted by atomic mass is 16.5. The number of rotatable bonds is 7. The standard InChI is InChI=1S/C30H39N5O6/c1-2-35-14-8-11-22(35)17-31-29(39)24-16-27(37)33-25(18-36)30(40)32-21(15-20-9-4-3-5-10-20)19-41-26-13-7-6-12-23(26)28(38)34-24/h3-7,9-10,12-13,21-22,24-25,36H,2,8,11,14-19H2,1H3,(H,31,39)(H,32,40)(H,33,37)(H,34,38)/t21-,22+,24+,25+/m1/s1. The first-order valence-electron chi connectivity index (χ1n) is 14.2. The smallest absolute Gasteiger partial charge is 0.255 e. The predicted octanol–water partition coefficient (Wildman–Crippen LogP) is 0.373. The van der Waals surface area contributed by atoms with Crippen molar-refractivity contribution < 1.29 is 29.0 Å². The molecule has 0 unspecified atom stereocenters. The number of ether oxygens (including phenoxy) is 1. The number of carbonyl (C=O) groups is 4. The third kappa shape index (κ3) is 8.27. The van der Waals surface area contributed by atoms with E-state index in [0.717, 1.165) is 31.5 Å². The van der Waals surface area contributed by atoms with Gasteiger partial charge in [-0.3, -0.25) is 24.1 Å². The van der Waals surface area contributed by atoms with Gasteiger partial charge in [0.05, 0.1) is 24.6 Å². The number of aliphatic hydroxyl groups is 1. The Morgan fingerprint density at radius 3 is 2.56 bits per heavy atom. The molecule has 0 spiro atoms. The molecule has 2 aromatic rings. The second-order valence-corrected chi connectivity index (χ2v) is 10.4. The van der Waals surface area contributed by atoms with Crippen molar-refractivity contribution in [2.24, 2.45) is 0 Å². The van der Waals surface area contributed by atoms with E-state index in [9.17, 15) is 24.3 Å². The molecular weight excluding hydrogens is 526 g/mol. The van der Waals surface area contributed by atoms with Gasteiger partial charge in [-0.2, -0.15) is 0 Å². The van der Waals surface area contributed by atoms with Crippen molar-refractivity contribution in [2.75, 3.05) is 32.8 Å². The molecule has 1 fully saturated rings. The van der Waals surface area contributed by atoms with Crippen LogP contribution < -0.4 is 26.0 Å². The number of fused-ring (bicyclic) bond motifs is 1. The van der Waals surface area contributed by atoms with Crippen molar-refractivity contribution >= 4 is 23.6 Å². The van der Waals surface area contributed by atoms with Gasteiger partial charge in [0.1, 0.15) is 24.4 Å². The van der Waals surface area contributed by atoms with E-state index in [0.29, 0.717) is 13.0 Å². The van der Waals surface area contributed by atoms with E-state index in [4.69, 9.17) is 4.74 Å². The highest BCUT2D eigenvalue weighted by molar-refractivity contribution is 6.01. The zero-order valence-electron chi connectivity index (χ0n) is 23.3. The molecule has 2 aromatic carbocycles. The highest BCUT2D eigenvalue weighted by Gasteiger charge is 2.31. The summed E-state index contributed by atoms with van der Waals surface area (Å²) in [7, 11) is 0. The van der Waals surface area contributed by atoms with Crippen LogP contribution >= 0.6 is 0 Å². The lowest BCUT2D eigenvalue weighted by Gasteiger charge is -2.26. The zero-order valence-corrected chi connectivity index (χ0v) is 23.3. The van der Waals surface area contributed by atoms with Gasteiger partial charge in [0.15, 0.2) is 0 Å². The fraction of sp³-hybridized carbons (Fsp3) is 0.467. The minimum atomic E-state index is -1.24. The summed E-state index contributed by atoms with van der Waals surface area (Å²) < 4.78 is 6.03. The zero-order chi connectivity index (χ0) is 29.2. The number of benzene rings is 2. The van der Waals surface area contributed by atoms with Crippen LogP contribution in [0.15, 0.2) is 54.6 Å². The van der Waals surface area contributed by atoms with Gasteiger partial charge in [0.2, 0.25) is 17.7 Å². The Morgan fingerprint density at radius 2 is 1.80 bits per heavy atom. The molecule has 4 amide bonds. The second-order valence-electron chi connectivity index (χ2n) is 10.4. The van der Waals surface area contributed by atoms with E-state index < -0.39 is 54.8 Å². The second kappa shape index (κ2) is 14.6. The minimum absolute atomic E-state index is 0.0241. The van der Waals surface area contributed by atoms with Crippen molar-refractivity contribution in [2.45, 2.75) is 56.8 Å². The van der Waals surface area contributed by atoms with Crippen LogP contribution in [0, 0.1) is 0 Å². The largest absolute Gasteiger partial charge is 0.491 e. The summed E-state index contributed by atoms with van der Waals surface area (Å²) >= 11 is 0. The van der Waals surface area contributed by atoms with E-state index in [2.05, 4.69) is 33.1 Å². The Labute approximate surface area is 240 Å². The van der Waals surface area contributed by atoms with Crippen LogP contribution in [-0.4, -0.2) is 90.7 Å². The van der Waals surface area contributed by atoms with Crippen LogP contribution in [0.3, 0.4) is 0 Å². The fourth-order valence-corrected chi connectivity index (χ4v) is 5.28. The maximum atomic E-state index is 13.4. The number of likely N-dealkylation sites (tertiary alicyclic amines) is 1. The molecular formula is C30H39N5O6.